The molecule has 1 heterocycles. The van der Waals surface area contributed by atoms with Gasteiger partial charge in [0.05, 0.1) is 6.20 Å². The molecule has 0 amide bonds. The minimum absolute atomic E-state index is 0.451. The quantitative estimate of drug-likeness (QED) is 0.631. The third-order valence-corrected chi connectivity index (χ3v) is 2.90. The van der Waals surface area contributed by atoms with Gasteiger partial charge in [-0.3, -0.25) is 0 Å². The van der Waals surface area contributed by atoms with Gasteiger partial charge < -0.3 is 10.7 Å². The summed E-state index contributed by atoms with van der Waals surface area (Å²) >= 11 is 0. The predicted molar refractivity (Wildman–Crippen MR) is 66.9 cm³/mol. The van der Waals surface area contributed by atoms with Crippen molar-refractivity contribution in [2.24, 2.45) is 0 Å². The summed E-state index contributed by atoms with van der Waals surface area (Å²) in [6, 6.07) is 9.75. The van der Waals surface area contributed by atoms with Crippen LogP contribution in [-0.4, -0.2) is 4.98 Å². The Bertz CT molecular complexity index is 708. The average Bonchev–Trinajstić information content (AvgIpc) is 2.82. The zero-order valence-corrected chi connectivity index (χ0v) is 9.30. The van der Waals surface area contributed by atoms with Crippen LogP contribution in [0.1, 0.15) is 0 Å². The van der Waals surface area contributed by atoms with Crippen molar-refractivity contribution in [1.29, 1.82) is 0 Å². The Hall–Kier alpha value is -2.36. The van der Waals surface area contributed by atoms with Crippen molar-refractivity contribution < 1.29 is 8.78 Å². The van der Waals surface area contributed by atoms with E-state index in [1.54, 1.807) is 6.07 Å². The van der Waals surface area contributed by atoms with E-state index in [2.05, 4.69) is 11.2 Å². The van der Waals surface area contributed by atoms with E-state index in [0.717, 1.165) is 16.5 Å². The van der Waals surface area contributed by atoms with Gasteiger partial charge in [0.2, 0.25) is 0 Å². The van der Waals surface area contributed by atoms with E-state index in [1.165, 1.54) is 12.1 Å². The number of halogens is 2. The molecule has 1 aromatic heterocycles. The van der Waals surface area contributed by atoms with Gasteiger partial charge in [-0.2, -0.15) is 0 Å². The lowest BCUT2D eigenvalue weighted by atomic mass is 10.0. The van der Waals surface area contributed by atoms with Crippen molar-refractivity contribution in [3.05, 3.63) is 54.2 Å². The highest BCUT2D eigenvalue weighted by Gasteiger charge is 2.09. The molecule has 3 rings (SSSR count). The highest BCUT2D eigenvalue weighted by atomic mass is 19.1. The highest BCUT2D eigenvalue weighted by Crippen LogP contribution is 2.27. The summed E-state index contributed by atoms with van der Waals surface area (Å²) in [6.45, 7) is 0. The maximum Gasteiger partial charge on any atom is 0.149 e. The number of aromatic nitrogens is 1. The topological polar surface area (TPSA) is 41.8 Å². The molecule has 1 radical (unpaired) electrons. The molecule has 0 saturated carbocycles. The van der Waals surface area contributed by atoms with Crippen LogP contribution in [0, 0.1) is 17.8 Å². The third-order valence-electron chi connectivity index (χ3n) is 2.90. The van der Waals surface area contributed by atoms with Crippen LogP contribution in [0.3, 0.4) is 0 Å². The summed E-state index contributed by atoms with van der Waals surface area (Å²) in [7, 11) is 0. The minimum Gasteiger partial charge on any atom is -0.394 e. The lowest BCUT2D eigenvalue weighted by Crippen LogP contribution is -1.96. The first-order chi connectivity index (χ1) is 8.65. The Kier molecular flexibility index (Phi) is 2.30. The summed E-state index contributed by atoms with van der Waals surface area (Å²) in [6.07, 6.45) is 2.86. The molecule has 0 fully saturated rings. The van der Waals surface area contributed by atoms with Crippen LogP contribution >= 0.6 is 0 Å². The fourth-order valence-electron chi connectivity index (χ4n) is 1.91. The zero-order valence-electron chi connectivity index (χ0n) is 9.30. The predicted octanol–water partition coefficient (Wildman–Crippen LogP) is 3.50. The van der Waals surface area contributed by atoms with Crippen molar-refractivity contribution in [1.82, 2.24) is 4.98 Å². The van der Waals surface area contributed by atoms with Gasteiger partial charge in [-0.05, 0) is 35.4 Å². The number of nitrogens with two attached hydrogens (primary N) is 1. The Morgan fingerprint density at radius 3 is 2.44 bits per heavy atom. The molecule has 0 saturated heterocycles. The SMILES string of the molecule is Nc1c(F)cc(-c2ccc3c[c][nH]c3c2)cc1F. The third kappa shape index (κ3) is 1.62. The molecule has 2 aromatic carbocycles. The van der Waals surface area contributed by atoms with Gasteiger partial charge in [-0.25, -0.2) is 8.78 Å². The van der Waals surface area contributed by atoms with E-state index in [1.807, 2.05) is 18.2 Å². The number of nitrogen functional groups attached to an aromatic ring is 1. The first-order valence-electron chi connectivity index (χ1n) is 5.39. The molecule has 3 aromatic rings. The standard InChI is InChI=1S/C14H9F2N2/c15-11-5-10(6-12(16)14(11)17)9-2-1-8-3-4-18-13(8)7-9/h1-3,5-7,18H,17H2. The fourth-order valence-corrected chi connectivity index (χ4v) is 1.91. The molecular formula is C14H9F2N2. The Labute approximate surface area is 102 Å². The number of H-pyrrole nitrogens is 1. The average molecular weight is 243 g/mol. The second kappa shape index (κ2) is 3.84. The molecule has 2 nitrogen and oxygen atoms in total. The summed E-state index contributed by atoms with van der Waals surface area (Å²) in [5, 5.41) is 0.995. The Morgan fingerprint density at radius 1 is 1.00 bits per heavy atom. The molecule has 0 bridgehead atoms. The summed E-state index contributed by atoms with van der Waals surface area (Å²) in [5.41, 5.74) is 6.83. The van der Waals surface area contributed by atoms with E-state index < -0.39 is 17.3 Å². The number of hydrogen-bond donors (Lipinski definition) is 2. The minimum atomic E-state index is -0.747. The molecule has 0 aliphatic rings. The fraction of sp³-hybridized carbons (Fsp3) is 0. The van der Waals surface area contributed by atoms with E-state index in [-0.39, 0.29) is 0 Å². The van der Waals surface area contributed by atoms with Crippen LogP contribution in [0.4, 0.5) is 14.5 Å². The highest BCUT2D eigenvalue weighted by molar-refractivity contribution is 5.84. The molecule has 0 aliphatic carbocycles. The molecule has 18 heavy (non-hydrogen) atoms. The van der Waals surface area contributed by atoms with Crippen LogP contribution in [0.5, 0.6) is 0 Å². The van der Waals surface area contributed by atoms with Gasteiger partial charge in [0.15, 0.2) is 0 Å². The number of aromatic amines is 1. The first kappa shape index (κ1) is 10.8. The van der Waals surface area contributed by atoms with E-state index in [9.17, 15) is 8.78 Å². The molecule has 3 N–H and O–H groups in total. The smallest absolute Gasteiger partial charge is 0.149 e. The van der Waals surface area contributed by atoms with Crippen LogP contribution in [0.15, 0.2) is 36.4 Å². The van der Waals surface area contributed by atoms with Crippen molar-refractivity contribution in [2.75, 3.05) is 5.73 Å². The van der Waals surface area contributed by atoms with Gasteiger partial charge in [0.1, 0.15) is 17.3 Å². The molecule has 4 heteroatoms. The van der Waals surface area contributed by atoms with Crippen LogP contribution in [0.2, 0.25) is 0 Å². The number of rotatable bonds is 1. The number of nitrogens with one attached hydrogen (secondary N) is 1. The second-order valence-electron chi connectivity index (χ2n) is 4.07. The van der Waals surface area contributed by atoms with Gasteiger partial charge in [-0.1, -0.05) is 12.1 Å². The van der Waals surface area contributed by atoms with Crippen LogP contribution < -0.4 is 5.73 Å². The van der Waals surface area contributed by atoms with E-state index in [0.29, 0.717) is 5.56 Å². The van der Waals surface area contributed by atoms with Gasteiger partial charge >= 0.3 is 0 Å². The van der Waals surface area contributed by atoms with Crippen molar-refractivity contribution in [2.45, 2.75) is 0 Å². The molecule has 0 unspecified atom stereocenters. The summed E-state index contributed by atoms with van der Waals surface area (Å²) < 4.78 is 26.8. The van der Waals surface area contributed by atoms with Crippen molar-refractivity contribution in [3.63, 3.8) is 0 Å². The Morgan fingerprint density at radius 2 is 1.72 bits per heavy atom. The van der Waals surface area contributed by atoms with Gasteiger partial charge in [0, 0.05) is 10.9 Å². The van der Waals surface area contributed by atoms with Crippen molar-refractivity contribution >= 4 is 16.6 Å². The molecule has 89 valence electrons. The van der Waals surface area contributed by atoms with Gasteiger partial charge in [-0.15, -0.1) is 0 Å². The molecule has 0 atom stereocenters. The summed E-state index contributed by atoms with van der Waals surface area (Å²) in [5.74, 6) is -1.49. The largest absolute Gasteiger partial charge is 0.394 e. The molecular weight excluding hydrogens is 234 g/mol. The Balaban J connectivity index is 2.19. The normalized spacial score (nSPS) is 11.0. The first-order valence-corrected chi connectivity index (χ1v) is 5.39. The maximum absolute atomic E-state index is 13.4. The molecule has 0 aliphatic heterocycles. The number of hydrogen-bond acceptors (Lipinski definition) is 1. The lowest BCUT2D eigenvalue weighted by Gasteiger charge is -2.05. The number of fused-ring (bicyclic) bond motifs is 1. The number of benzene rings is 2. The molecule has 0 spiro atoms. The van der Waals surface area contributed by atoms with E-state index in [4.69, 9.17) is 5.73 Å². The van der Waals surface area contributed by atoms with Gasteiger partial charge in [0.25, 0.3) is 0 Å². The maximum atomic E-state index is 13.4. The van der Waals surface area contributed by atoms with Crippen LogP contribution in [-0.2, 0) is 0 Å². The zero-order chi connectivity index (χ0) is 12.7. The lowest BCUT2D eigenvalue weighted by molar-refractivity contribution is 0.592. The van der Waals surface area contributed by atoms with Crippen LogP contribution in [0.25, 0.3) is 22.0 Å². The second-order valence-corrected chi connectivity index (χ2v) is 4.07. The van der Waals surface area contributed by atoms with E-state index >= 15 is 0 Å². The summed E-state index contributed by atoms with van der Waals surface area (Å²) in [4.78, 5) is 2.93. The monoisotopic (exact) mass is 243 g/mol. The number of anilines is 1. The van der Waals surface area contributed by atoms with Crippen molar-refractivity contribution in [3.8, 4) is 11.1 Å².